The zero-order valence-corrected chi connectivity index (χ0v) is 9.67. The van der Waals surface area contributed by atoms with Crippen LogP contribution in [0, 0.1) is 17.8 Å². The molecule has 0 amide bonds. The molecule has 0 saturated heterocycles. The molecule has 14 heavy (non-hydrogen) atoms. The molecule has 3 nitrogen and oxygen atoms in total. The summed E-state index contributed by atoms with van der Waals surface area (Å²) in [5.41, 5.74) is 12.8. The summed E-state index contributed by atoms with van der Waals surface area (Å²) >= 11 is 0. The van der Waals surface area contributed by atoms with Crippen LogP contribution in [0.4, 0.5) is 0 Å². The van der Waals surface area contributed by atoms with E-state index in [4.69, 9.17) is 11.5 Å². The Morgan fingerprint density at radius 3 is 2.21 bits per heavy atom. The summed E-state index contributed by atoms with van der Waals surface area (Å²) in [6, 6.07) is 0.151. The van der Waals surface area contributed by atoms with Crippen LogP contribution in [0.3, 0.4) is 0 Å². The van der Waals surface area contributed by atoms with Crippen molar-refractivity contribution in [3.8, 4) is 0 Å². The van der Waals surface area contributed by atoms with Gasteiger partial charge in [-0.2, -0.15) is 0 Å². The Balaban J connectivity index is 3.03. The Morgan fingerprint density at radius 2 is 1.79 bits per heavy atom. The molecule has 0 aromatic heterocycles. The first kappa shape index (κ1) is 11.7. The predicted octanol–water partition coefficient (Wildman–Crippen LogP) is 0.666. The fraction of sp³-hybridized carbons (Fsp3) is 0.818. The van der Waals surface area contributed by atoms with E-state index in [-0.39, 0.29) is 12.0 Å². The Hall–Kier alpha value is -0.380. The van der Waals surface area contributed by atoms with Gasteiger partial charge >= 0.3 is 0 Å². The summed E-state index contributed by atoms with van der Waals surface area (Å²) in [5.74, 6) is 1.06. The Kier molecular flexibility index (Phi) is 3.04. The molecule has 1 fully saturated rings. The van der Waals surface area contributed by atoms with Crippen molar-refractivity contribution in [2.45, 2.75) is 32.5 Å². The van der Waals surface area contributed by atoms with Gasteiger partial charge in [0.1, 0.15) is 0 Å². The Morgan fingerprint density at radius 1 is 1.29 bits per heavy atom. The highest BCUT2D eigenvalue weighted by molar-refractivity contribution is 5.20. The minimum absolute atomic E-state index is 0.151. The lowest BCUT2D eigenvalue weighted by Gasteiger charge is -2.50. The first-order valence-electron chi connectivity index (χ1n) is 5.27. The second kappa shape index (κ2) is 3.65. The molecular formula is C11H23N3. The molecule has 1 rings (SSSR count). The van der Waals surface area contributed by atoms with Gasteiger partial charge in [0.15, 0.2) is 0 Å². The standard InChI is InChI=1S/C11H23N3/c1-6-7(2)9(4)11(12,13)10(14-5)8(6)3/h6,8-10,14H,2,12-13H2,1,3-5H3. The minimum atomic E-state index is -0.683. The maximum atomic E-state index is 6.17. The highest BCUT2D eigenvalue weighted by atomic mass is 15.1. The summed E-state index contributed by atoms with van der Waals surface area (Å²) < 4.78 is 0. The third-order valence-electron chi connectivity index (χ3n) is 4.06. The molecule has 0 radical (unpaired) electrons. The third kappa shape index (κ3) is 1.49. The minimum Gasteiger partial charge on any atom is -0.314 e. The maximum absolute atomic E-state index is 6.17. The van der Waals surface area contributed by atoms with Gasteiger partial charge in [-0.3, -0.25) is 0 Å². The molecule has 0 aliphatic heterocycles. The van der Waals surface area contributed by atoms with Crippen molar-refractivity contribution in [3.05, 3.63) is 12.2 Å². The monoisotopic (exact) mass is 197 g/mol. The quantitative estimate of drug-likeness (QED) is 0.427. The van der Waals surface area contributed by atoms with Crippen molar-refractivity contribution < 1.29 is 0 Å². The number of nitrogens with two attached hydrogens (primary N) is 2. The van der Waals surface area contributed by atoms with Gasteiger partial charge in [-0.25, -0.2) is 0 Å². The van der Waals surface area contributed by atoms with E-state index >= 15 is 0 Å². The third-order valence-corrected chi connectivity index (χ3v) is 4.06. The second-order valence-electron chi connectivity index (χ2n) is 4.71. The molecule has 0 aromatic carbocycles. The predicted molar refractivity (Wildman–Crippen MR) is 60.6 cm³/mol. The van der Waals surface area contributed by atoms with Crippen molar-refractivity contribution in [1.82, 2.24) is 5.32 Å². The number of hydrogen-bond acceptors (Lipinski definition) is 3. The van der Waals surface area contributed by atoms with Gasteiger partial charge in [-0.15, -0.1) is 0 Å². The van der Waals surface area contributed by atoms with Crippen LogP contribution in [0.5, 0.6) is 0 Å². The molecule has 0 spiro atoms. The van der Waals surface area contributed by atoms with Crippen molar-refractivity contribution in [2.24, 2.45) is 29.2 Å². The van der Waals surface area contributed by atoms with Crippen molar-refractivity contribution in [3.63, 3.8) is 0 Å². The van der Waals surface area contributed by atoms with E-state index in [1.807, 2.05) is 7.05 Å². The molecule has 4 atom stereocenters. The number of likely N-dealkylation sites (N-methyl/N-ethyl adjacent to an activating group) is 1. The van der Waals surface area contributed by atoms with E-state index in [1.165, 1.54) is 5.57 Å². The van der Waals surface area contributed by atoms with Crippen LogP contribution in [0.25, 0.3) is 0 Å². The number of rotatable bonds is 1. The molecule has 4 unspecified atom stereocenters. The lowest BCUT2D eigenvalue weighted by molar-refractivity contribution is 0.121. The topological polar surface area (TPSA) is 64.1 Å². The van der Waals surface area contributed by atoms with Gasteiger partial charge in [0.2, 0.25) is 0 Å². The van der Waals surface area contributed by atoms with Crippen LogP contribution >= 0.6 is 0 Å². The molecule has 82 valence electrons. The first-order chi connectivity index (χ1) is 6.34. The summed E-state index contributed by atoms with van der Waals surface area (Å²) in [7, 11) is 1.92. The SMILES string of the molecule is C=C1C(C)C(C)C(NC)C(N)(N)C1C. The van der Waals surface area contributed by atoms with Gasteiger partial charge in [0, 0.05) is 12.0 Å². The van der Waals surface area contributed by atoms with Crippen LogP contribution in [0.1, 0.15) is 20.8 Å². The molecular weight excluding hydrogens is 174 g/mol. The average molecular weight is 197 g/mol. The van der Waals surface area contributed by atoms with Gasteiger partial charge in [-0.1, -0.05) is 32.9 Å². The maximum Gasteiger partial charge on any atom is 0.0861 e. The first-order valence-corrected chi connectivity index (χ1v) is 5.27. The summed E-state index contributed by atoms with van der Waals surface area (Å²) in [6.45, 7) is 10.5. The molecule has 1 aliphatic carbocycles. The average Bonchev–Trinajstić information content (AvgIpc) is 2.13. The van der Waals surface area contributed by atoms with E-state index < -0.39 is 5.66 Å². The highest BCUT2D eigenvalue weighted by Crippen LogP contribution is 2.39. The van der Waals surface area contributed by atoms with Crippen molar-refractivity contribution in [1.29, 1.82) is 0 Å². The molecule has 0 aromatic rings. The molecule has 5 N–H and O–H groups in total. The molecule has 0 bridgehead atoms. The summed E-state index contributed by atoms with van der Waals surface area (Å²) in [6.07, 6.45) is 0. The molecule has 3 heteroatoms. The Labute approximate surface area is 86.9 Å². The zero-order chi connectivity index (χ0) is 11.1. The van der Waals surface area contributed by atoms with E-state index in [2.05, 4.69) is 32.7 Å². The smallest absolute Gasteiger partial charge is 0.0861 e. The fourth-order valence-electron chi connectivity index (χ4n) is 2.58. The summed E-state index contributed by atoms with van der Waals surface area (Å²) in [4.78, 5) is 0. The van der Waals surface area contributed by atoms with Crippen LogP contribution in [-0.2, 0) is 0 Å². The number of hydrogen-bond donors (Lipinski definition) is 3. The fourth-order valence-corrected chi connectivity index (χ4v) is 2.58. The van der Waals surface area contributed by atoms with Crippen LogP contribution < -0.4 is 16.8 Å². The van der Waals surface area contributed by atoms with E-state index in [1.54, 1.807) is 0 Å². The normalized spacial score (nSPS) is 42.6. The second-order valence-corrected chi connectivity index (χ2v) is 4.71. The van der Waals surface area contributed by atoms with Crippen LogP contribution in [0.15, 0.2) is 12.2 Å². The Bertz CT molecular complexity index is 235. The van der Waals surface area contributed by atoms with E-state index in [9.17, 15) is 0 Å². The molecule has 0 heterocycles. The number of nitrogens with one attached hydrogen (secondary N) is 1. The van der Waals surface area contributed by atoms with Gasteiger partial charge < -0.3 is 16.8 Å². The van der Waals surface area contributed by atoms with E-state index in [0.29, 0.717) is 11.8 Å². The van der Waals surface area contributed by atoms with Crippen LogP contribution in [0.2, 0.25) is 0 Å². The van der Waals surface area contributed by atoms with Gasteiger partial charge in [-0.05, 0) is 18.9 Å². The lowest BCUT2D eigenvalue weighted by Crippen LogP contribution is -2.72. The zero-order valence-electron chi connectivity index (χ0n) is 9.67. The van der Waals surface area contributed by atoms with Crippen molar-refractivity contribution >= 4 is 0 Å². The highest BCUT2D eigenvalue weighted by Gasteiger charge is 2.47. The van der Waals surface area contributed by atoms with Gasteiger partial charge in [0.05, 0.1) is 5.66 Å². The lowest BCUT2D eigenvalue weighted by atomic mass is 9.64. The largest absolute Gasteiger partial charge is 0.314 e. The van der Waals surface area contributed by atoms with E-state index in [0.717, 1.165) is 0 Å². The van der Waals surface area contributed by atoms with Crippen LogP contribution in [-0.4, -0.2) is 18.8 Å². The van der Waals surface area contributed by atoms with Gasteiger partial charge in [0.25, 0.3) is 0 Å². The van der Waals surface area contributed by atoms with Crippen molar-refractivity contribution in [2.75, 3.05) is 7.05 Å². The summed E-state index contributed by atoms with van der Waals surface area (Å²) in [5, 5.41) is 3.23. The molecule has 1 saturated carbocycles. The molecule has 1 aliphatic rings.